The number of carbonyl (C=O) groups excluding carboxylic acids is 1. The van der Waals surface area contributed by atoms with Crippen LogP contribution in [0.5, 0.6) is 0 Å². The van der Waals surface area contributed by atoms with Crippen LogP contribution in [0.2, 0.25) is 0 Å². The Morgan fingerprint density at radius 1 is 1.26 bits per heavy atom. The fourth-order valence-electron chi connectivity index (χ4n) is 2.33. The van der Waals surface area contributed by atoms with Crippen molar-refractivity contribution in [2.75, 3.05) is 25.5 Å². The third-order valence-electron chi connectivity index (χ3n) is 3.56. The van der Waals surface area contributed by atoms with E-state index in [4.69, 9.17) is 10.5 Å². The van der Waals surface area contributed by atoms with Crippen LogP contribution in [0, 0.1) is 5.92 Å². The maximum atomic E-state index is 11.8. The molecule has 4 nitrogen and oxygen atoms in total. The van der Waals surface area contributed by atoms with E-state index in [-0.39, 0.29) is 5.91 Å². The lowest BCUT2D eigenvalue weighted by Gasteiger charge is -2.21. The highest BCUT2D eigenvalue weighted by Gasteiger charge is 2.13. The zero-order valence-corrected chi connectivity index (χ0v) is 11.2. The molecule has 1 aliphatic rings. The Morgan fingerprint density at radius 3 is 2.63 bits per heavy atom. The zero-order valence-electron chi connectivity index (χ0n) is 11.2. The first-order valence-corrected chi connectivity index (χ1v) is 6.93. The van der Waals surface area contributed by atoms with Gasteiger partial charge in [-0.1, -0.05) is 12.1 Å². The van der Waals surface area contributed by atoms with Crippen molar-refractivity contribution in [1.82, 2.24) is 5.32 Å². The summed E-state index contributed by atoms with van der Waals surface area (Å²) in [4.78, 5) is 11.8. The minimum Gasteiger partial charge on any atom is -0.399 e. The molecule has 0 aromatic heterocycles. The number of hydrogen-bond acceptors (Lipinski definition) is 3. The second-order valence-electron chi connectivity index (χ2n) is 5.11. The summed E-state index contributed by atoms with van der Waals surface area (Å²) >= 11 is 0. The van der Waals surface area contributed by atoms with E-state index in [0.29, 0.717) is 12.3 Å². The Kier molecular flexibility index (Phi) is 5.21. The number of nitrogens with one attached hydrogen (secondary N) is 1. The van der Waals surface area contributed by atoms with Crippen molar-refractivity contribution in [3.8, 4) is 0 Å². The molecule has 0 aliphatic carbocycles. The minimum atomic E-state index is 0.0804. The highest BCUT2D eigenvalue weighted by Crippen LogP contribution is 2.17. The quantitative estimate of drug-likeness (QED) is 0.794. The average molecular weight is 262 g/mol. The largest absolute Gasteiger partial charge is 0.399 e. The molecule has 19 heavy (non-hydrogen) atoms. The van der Waals surface area contributed by atoms with Crippen LogP contribution >= 0.6 is 0 Å². The van der Waals surface area contributed by atoms with Gasteiger partial charge in [-0.15, -0.1) is 0 Å². The number of carbonyl (C=O) groups is 1. The van der Waals surface area contributed by atoms with Crippen LogP contribution in [0.15, 0.2) is 24.3 Å². The van der Waals surface area contributed by atoms with Gasteiger partial charge >= 0.3 is 0 Å². The van der Waals surface area contributed by atoms with E-state index < -0.39 is 0 Å². The molecular formula is C15H22N2O2. The van der Waals surface area contributed by atoms with E-state index in [0.717, 1.165) is 50.3 Å². The van der Waals surface area contributed by atoms with Crippen molar-refractivity contribution in [3.05, 3.63) is 29.8 Å². The molecule has 0 bridgehead atoms. The smallest absolute Gasteiger partial charge is 0.224 e. The van der Waals surface area contributed by atoms with E-state index in [2.05, 4.69) is 5.32 Å². The summed E-state index contributed by atoms with van der Waals surface area (Å²) in [6, 6.07) is 7.44. The van der Waals surface area contributed by atoms with Crippen LogP contribution in [0.1, 0.15) is 24.8 Å². The van der Waals surface area contributed by atoms with Gasteiger partial charge in [0.2, 0.25) is 5.91 Å². The van der Waals surface area contributed by atoms with Gasteiger partial charge in [-0.2, -0.15) is 0 Å². The first-order chi connectivity index (χ1) is 9.24. The molecule has 1 saturated heterocycles. The monoisotopic (exact) mass is 262 g/mol. The average Bonchev–Trinajstić information content (AvgIpc) is 2.43. The molecular weight excluding hydrogens is 240 g/mol. The Morgan fingerprint density at radius 2 is 1.95 bits per heavy atom. The summed E-state index contributed by atoms with van der Waals surface area (Å²) in [6.07, 6.45) is 3.71. The van der Waals surface area contributed by atoms with E-state index in [9.17, 15) is 4.79 Å². The highest BCUT2D eigenvalue weighted by atomic mass is 16.5. The van der Waals surface area contributed by atoms with Gasteiger partial charge in [0.1, 0.15) is 0 Å². The summed E-state index contributed by atoms with van der Waals surface area (Å²) in [5.41, 5.74) is 7.33. The molecule has 0 radical (unpaired) electrons. The lowest BCUT2D eigenvalue weighted by molar-refractivity contribution is -0.120. The molecule has 4 heteroatoms. The standard InChI is InChI=1S/C15H22N2O2/c16-14-3-1-13(2-4-14)11-15(18)17-8-5-12-6-9-19-10-7-12/h1-4,12H,5-11,16H2,(H,17,18). The molecule has 3 N–H and O–H groups in total. The lowest BCUT2D eigenvalue weighted by Crippen LogP contribution is -2.28. The summed E-state index contributed by atoms with van der Waals surface area (Å²) in [7, 11) is 0. The molecule has 104 valence electrons. The maximum absolute atomic E-state index is 11.8. The molecule has 1 aromatic rings. The molecule has 0 atom stereocenters. The SMILES string of the molecule is Nc1ccc(CC(=O)NCCC2CCOCC2)cc1. The van der Waals surface area contributed by atoms with Crippen LogP contribution in [0.3, 0.4) is 0 Å². The van der Waals surface area contributed by atoms with Crippen LogP contribution in [0.25, 0.3) is 0 Å². The molecule has 1 heterocycles. The molecule has 0 saturated carbocycles. The number of hydrogen-bond donors (Lipinski definition) is 2. The fourth-order valence-corrected chi connectivity index (χ4v) is 2.33. The topological polar surface area (TPSA) is 64.4 Å². The van der Waals surface area contributed by atoms with Gasteiger partial charge in [0.05, 0.1) is 6.42 Å². The Hall–Kier alpha value is -1.55. The van der Waals surface area contributed by atoms with Gasteiger partial charge in [-0.25, -0.2) is 0 Å². The summed E-state index contributed by atoms with van der Waals surface area (Å²) in [5, 5.41) is 2.98. The number of benzene rings is 1. The zero-order chi connectivity index (χ0) is 13.5. The number of nitrogen functional groups attached to an aromatic ring is 1. The Balaban J connectivity index is 1.65. The first-order valence-electron chi connectivity index (χ1n) is 6.93. The molecule has 0 unspecified atom stereocenters. The van der Waals surface area contributed by atoms with Gasteiger partial charge in [0.25, 0.3) is 0 Å². The van der Waals surface area contributed by atoms with Crippen LogP contribution in [0.4, 0.5) is 5.69 Å². The number of amides is 1. The van der Waals surface area contributed by atoms with Crippen molar-refractivity contribution in [2.24, 2.45) is 5.92 Å². The summed E-state index contributed by atoms with van der Waals surface area (Å²) < 4.78 is 5.32. The van der Waals surface area contributed by atoms with E-state index in [1.54, 1.807) is 0 Å². The third kappa shape index (κ3) is 4.91. The minimum absolute atomic E-state index is 0.0804. The molecule has 1 aliphatic heterocycles. The lowest BCUT2D eigenvalue weighted by atomic mass is 9.97. The van der Waals surface area contributed by atoms with Crippen molar-refractivity contribution < 1.29 is 9.53 Å². The van der Waals surface area contributed by atoms with Crippen LogP contribution in [-0.2, 0) is 16.0 Å². The van der Waals surface area contributed by atoms with Crippen molar-refractivity contribution in [1.29, 1.82) is 0 Å². The van der Waals surface area contributed by atoms with E-state index in [1.165, 1.54) is 0 Å². The molecule has 2 rings (SSSR count). The molecule has 0 spiro atoms. The van der Waals surface area contributed by atoms with Crippen molar-refractivity contribution >= 4 is 11.6 Å². The van der Waals surface area contributed by atoms with Gasteiger partial charge in [0, 0.05) is 25.4 Å². The second kappa shape index (κ2) is 7.14. The van der Waals surface area contributed by atoms with Crippen LogP contribution < -0.4 is 11.1 Å². The normalized spacial score (nSPS) is 16.2. The van der Waals surface area contributed by atoms with Gasteiger partial charge < -0.3 is 15.8 Å². The van der Waals surface area contributed by atoms with E-state index >= 15 is 0 Å². The van der Waals surface area contributed by atoms with Gasteiger partial charge in [-0.3, -0.25) is 4.79 Å². The van der Waals surface area contributed by atoms with Crippen LogP contribution in [-0.4, -0.2) is 25.7 Å². The maximum Gasteiger partial charge on any atom is 0.224 e. The van der Waals surface area contributed by atoms with E-state index in [1.807, 2.05) is 24.3 Å². The second-order valence-corrected chi connectivity index (χ2v) is 5.11. The Labute approximate surface area is 114 Å². The number of ether oxygens (including phenoxy) is 1. The molecule has 1 aromatic carbocycles. The third-order valence-corrected chi connectivity index (χ3v) is 3.56. The first kappa shape index (κ1) is 13.9. The molecule has 1 fully saturated rings. The molecule has 1 amide bonds. The fraction of sp³-hybridized carbons (Fsp3) is 0.533. The summed E-state index contributed by atoms with van der Waals surface area (Å²) in [5.74, 6) is 0.780. The van der Waals surface area contributed by atoms with Gasteiger partial charge in [0.15, 0.2) is 0 Å². The number of anilines is 1. The highest BCUT2D eigenvalue weighted by molar-refractivity contribution is 5.78. The van der Waals surface area contributed by atoms with Crippen molar-refractivity contribution in [3.63, 3.8) is 0 Å². The number of rotatable bonds is 5. The summed E-state index contributed by atoms with van der Waals surface area (Å²) in [6.45, 7) is 2.49. The predicted octanol–water partition coefficient (Wildman–Crippen LogP) is 1.74. The number of nitrogens with two attached hydrogens (primary N) is 1. The van der Waals surface area contributed by atoms with Gasteiger partial charge in [-0.05, 0) is 42.9 Å². The van der Waals surface area contributed by atoms with Crippen molar-refractivity contribution in [2.45, 2.75) is 25.7 Å². The Bertz CT molecular complexity index is 397. The predicted molar refractivity (Wildman–Crippen MR) is 75.7 cm³/mol.